The maximum atomic E-state index is 12.6. The molecule has 3 aromatic carbocycles. The number of hydrogen-bond donors (Lipinski definition) is 1. The Balaban J connectivity index is 1.40. The molecule has 4 nitrogen and oxygen atoms in total. The van der Waals surface area contributed by atoms with Gasteiger partial charge >= 0.3 is 6.03 Å². The van der Waals surface area contributed by atoms with E-state index in [9.17, 15) is 4.79 Å². The van der Waals surface area contributed by atoms with Crippen LogP contribution in [0.4, 0.5) is 4.79 Å². The third-order valence-corrected chi connectivity index (χ3v) is 6.06. The second-order valence-electron chi connectivity index (χ2n) is 7.70. The topological polar surface area (TPSA) is 41.6 Å². The Hall–Kier alpha value is -2.53. The first kappa shape index (κ1) is 21.7. The highest BCUT2D eigenvalue weighted by Crippen LogP contribution is 2.34. The first-order valence-corrected chi connectivity index (χ1v) is 11.0. The predicted octanol–water partition coefficient (Wildman–Crippen LogP) is 6.25. The van der Waals surface area contributed by atoms with Gasteiger partial charge in [0.2, 0.25) is 0 Å². The van der Waals surface area contributed by atoms with Crippen LogP contribution in [0.15, 0.2) is 78.9 Å². The van der Waals surface area contributed by atoms with Crippen molar-refractivity contribution < 1.29 is 9.53 Å². The summed E-state index contributed by atoms with van der Waals surface area (Å²) >= 11 is 12.5. The molecular formula is C25H24Cl2N2O2. The second kappa shape index (κ2) is 9.73. The van der Waals surface area contributed by atoms with Gasteiger partial charge < -0.3 is 15.0 Å². The van der Waals surface area contributed by atoms with Crippen molar-refractivity contribution in [3.63, 3.8) is 0 Å². The number of nitrogens with zero attached hydrogens (tertiary/aromatic N) is 1. The van der Waals surface area contributed by atoms with E-state index in [0.29, 0.717) is 23.1 Å². The van der Waals surface area contributed by atoms with E-state index in [2.05, 4.69) is 5.32 Å². The third-order valence-electron chi connectivity index (χ3n) is 5.46. The molecule has 2 atom stereocenters. The maximum absolute atomic E-state index is 12.6. The SMILES string of the molecule is CC(NC(=O)N1CC(O[C@H](c2ccc(Cl)cc2)c2ccccc2Cl)C1)c1ccccc1. The zero-order chi connectivity index (χ0) is 21.8. The van der Waals surface area contributed by atoms with Crippen molar-refractivity contribution in [1.82, 2.24) is 10.2 Å². The van der Waals surface area contributed by atoms with Crippen LogP contribution in [0.2, 0.25) is 10.0 Å². The summed E-state index contributed by atoms with van der Waals surface area (Å²) in [7, 11) is 0. The van der Waals surface area contributed by atoms with Gasteiger partial charge in [0.05, 0.1) is 25.2 Å². The number of halogens is 2. The fourth-order valence-electron chi connectivity index (χ4n) is 3.64. The van der Waals surface area contributed by atoms with Gasteiger partial charge in [0.1, 0.15) is 6.10 Å². The highest BCUT2D eigenvalue weighted by atomic mass is 35.5. The molecule has 31 heavy (non-hydrogen) atoms. The third kappa shape index (κ3) is 5.21. The molecular weight excluding hydrogens is 431 g/mol. The Morgan fingerprint density at radius 3 is 2.26 bits per heavy atom. The summed E-state index contributed by atoms with van der Waals surface area (Å²) in [4.78, 5) is 14.4. The van der Waals surface area contributed by atoms with Crippen LogP contribution in [-0.2, 0) is 4.74 Å². The standard InChI is InChI=1S/C25H24Cl2N2O2/c1-17(18-7-3-2-4-8-18)28-25(30)29-15-21(16-29)31-24(19-11-13-20(26)14-12-19)22-9-5-6-10-23(22)27/h2-14,17,21,24H,15-16H2,1H3,(H,28,30)/t17?,24-/m1/s1. The highest BCUT2D eigenvalue weighted by molar-refractivity contribution is 6.31. The van der Waals surface area contributed by atoms with Crippen LogP contribution in [0.1, 0.15) is 35.8 Å². The average molecular weight is 455 g/mol. The van der Waals surface area contributed by atoms with Crippen LogP contribution in [0.3, 0.4) is 0 Å². The van der Waals surface area contributed by atoms with Crippen molar-refractivity contribution in [2.45, 2.75) is 25.2 Å². The number of likely N-dealkylation sites (tertiary alicyclic amines) is 1. The van der Waals surface area contributed by atoms with Gasteiger partial charge in [-0.2, -0.15) is 0 Å². The lowest BCUT2D eigenvalue weighted by atomic mass is 10.0. The molecule has 1 unspecified atom stereocenters. The summed E-state index contributed by atoms with van der Waals surface area (Å²) < 4.78 is 6.40. The number of carbonyl (C=O) groups excluding carboxylic acids is 1. The monoisotopic (exact) mass is 454 g/mol. The molecule has 1 fully saturated rings. The number of nitrogens with one attached hydrogen (secondary N) is 1. The molecule has 160 valence electrons. The van der Waals surface area contributed by atoms with Gasteiger partial charge in [-0.1, -0.05) is 83.9 Å². The number of carbonyl (C=O) groups is 1. The predicted molar refractivity (Wildman–Crippen MR) is 125 cm³/mol. The van der Waals surface area contributed by atoms with Crippen molar-refractivity contribution in [2.75, 3.05) is 13.1 Å². The van der Waals surface area contributed by atoms with E-state index in [1.54, 1.807) is 4.90 Å². The number of urea groups is 1. The van der Waals surface area contributed by atoms with Gasteiger partial charge in [0.15, 0.2) is 0 Å². The van der Waals surface area contributed by atoms with Crippen molar-refractivity contribution >= 4 is 29.2 Å². The summed E-state index contributed by atoms with van der Waals surface area (Å²) in [5.41, 5.74) is 2.94. The lowest BCUT2D eigenvalue weighted by Crippen LogP contribution is -2.58. The smallest absolute Gasteiger partial charge is 0.318 e. The molecule has 0 bridgehead atoms. The Morgan fingerprint density at radius 2 is 1.58 bits per heavy atom. The van der Waals surface area contributed by atoms with Crippen molar-refractivity contribution in [1.29, 1.82) is 0 Å². The molecule has 0 aromatic heterocycles. The molecule has 0 aliphatic carbocycles. The zero-order valence-corrected chi connectivity index (χ0v) is 18.7. The fraction of sp³-hybridized carbons (Fsp3) is 0.240. The molecule has 1 aliphatic rings. The van der Waals surface area contributed by atoms with Crippen molar-refractivity contribution in [3.05, 3.63) is 106 Å². The Morgan fingerprint density at radius 1 is 0.935 bits per heavy atom. The molecule has 0 saturated carbocycles. The second-order valence-corrected chi connectivity index (χ2v) is 8.54. The summed E-state index contributed by atoms with van der Waals surface area (Å²) in [5, 5.41) is 4.36. The minimum Gasteiger partial charge on any atom is -0.362 e. The van der Waals surface area contributed by atoms with E-state index in [-0.39, 0.29) is 24.3 Å². The summed E-state index contributed by atoms with van der Waals surface area (Å²) in [6.07, 6.45) is -0.404. The number of ether oxygens (including phenoxy) is 1. The number of amides is 2. The molecule has 2 amide bonds. The Labute approximate surface area is 192 Å². The maximum Gasteiger partial charge on any atom is 0.318 e. The number of rotatable bonds is 6. The van der Waals surface area contributed by atoms with Gasteiger partial charge in [-0.3, -0.25) is 0 Å². The van der Waals surface area contributed by atoms with Gasteiger partial charge in [-0.15, -0.1) is 0 Å². The van der Waals surface area contributed by atoms with Crippen LogP contribution in [0, 0.1) is 0 Å². The van der Waals surface area contributed by atoms with Crippen LogP contribution in [-0.4, -0.2) is 30.1 Å². The minimum atomic E-state index is -0.329. The quantitative estimate of drug-likeness (QED) is 0.477. The molecule has 1 heterocycles. The van der Waals surface area contributed by atoms with Gasteiger partial charge in [0, 0.05) is 15.6 Å². The van der Waals surface area contributed by atoms with E-state index >= 15 is 0 Å². The molecule has 6 heteroatoms. The first-order chi connectivity index (χ1) is 15.0. The van der Waals surface area contributed by atoms with E-state index in [0.717, 1.165) is 16.7 Å². The largest absolute Gasteiger partial charge is 0.362 e. The zero-order valence-electron chi connectivity index (χ0n) is 17.2. The van der Waals surface area contributed by atoms with Crippen molar-refractivity contribution in [2.24, 2.45) is 0 Å². The fourth-order valence-corrected chi connectivity index (χ4v) is 4.00. The van der Waals surface area contributed by atoms with Crippen LogP contribution < -0.4 is 5.32 Å². The Kier molecular flexibility index (Phi) is 6.81. The van der Waals surface area contributed by atoms with Crippen LogP contribution >= 0.6 is 23.2 Å². The summed E-state index contributed by atoms with van der Waals surface area (Å²) in [6, 6.07) is 25.0. The first-order valence-electron chi connectivity index (χ1n) is 10.3. The molecule has 1 saturated heterocycles. The number of hydrogen-bond acceptors (Lipinski definition) is 2. The summed E-state index contributed by atoms with van der Waals surface area (Å²) in [6.45, 7) is 3.04. The normalized spacial score (nSPS) is 15.8. The summed E-state index contributed by atoms with van der Waals surface area (Å²) in [5.74, 6) is 0. The van der Waals surface area contributed by atoms with E-state index < -0.39 is 0 Å². The van der Waals surface area contributed by atoms with Gasteiger partial charge in [0.25, 0.3) is 0 Å². The van der Waals surface area contributed by atoms with E-state index in [4.69, 9.17) is 27.9 Å². The molecule has 0 spiro atoms. The molecule has 1 aliphatic heterocycles. The minimum absolute atomic E-state index is 0.0568. The molecule has 1 N–H and O–H groups in total. The average Bonchev–Trinajstić information content (AvgIpc) is 2.75. The van der Waals surface area contributed by atoms with Crippen LogP contribution in [0.25, 0.3) is 0 Å². The van der Waals surface area contributed by atoms with E-state index in [1.807, 2.05) is 85.8 Å². The van der Waals surface area contributed by atoms with E-state index in [1.165, 1.54) is 0 Å². The Bertz CT molecular complexity index is 1020. The molecule has 0 radical (unpaired) electrons. The number of benzene rings is 3. The lowest BCUT2D eigenvalue weighted by Gasteiger charge is -2.41. The van der Waals surface area contributed by atoms with Crippen molar-refractivity contribution in [3.8, 4) is 0 Å². The molecule has 4 rings (SSSR count). The highest BCUT2D eigenvalue weighted by Gasteiger charge is 2.35. The van der Waals surface area contributed by atoms with Gasteiger partial charge in [-0.05, 0) is 36.2 Å². The van der Waals surface area contributed by atoms with Crippen LogP contribution in [0.5, 0.6) is 0 Å². The van der Waals surface area contributed by atoms with Gasteiger partial charge in [-0.25, -0.2) is 4.79 Å². The lowest BCUT2D eigenvalue weighted by molar-refractivity contribution is -0.0647. The molecule has 3 aromatic rings.